The molecule has 320 valence electrons. The van der Waals surface area contributed by atoms with Gasteiger partial charge < -0.3 is 15.5 Å². The van der Waals surface area contributed by atoms with Gasteiger partial charge in [0.2, 0.25) is 0 Å². The van der Waals surface area contributed by atoms with Crippen LogP contribution >= 0.6 is 10.7 Å². The van der Waals surface area contributed by atoms with Gasteiger partial charge in [0.05, 0.1) is 5.69 Å². The van der Waals surface area contributed by atoms with E-state index in [2.05, 4.69) is 113 Å². The van der Waals surface area contributed by atoms with Gasteiger partial charge in [0.25, 0.3) is 9.24 Å². The molecule has 2 aliphatic heterocycles. The fraction of sp³-hybridized carbons (Fsp3) is 0.478. The monoisotopic (exact) mass is 862 g/mol. The van der Waals surface area contributed by atoms with Gasteiger partial charge in [-0.05, 0) is 109 Å². The second-order valence-corrected chi connectivity index (χ2v) is 22.1. The third kappa shape index (κ3) is 10.9. The van der Waals surface area contributed by atoms with Crippen molar-refractivity contribution in [3.8, 4) is 0 Å². The van der Waals surface area contributed by atoms with Crippen molar-refractivity contribution in [2.75, 3.05) is 77.9 Å². The number of piperidine rings is 2. The maximum absolute atomic E-state index is 12.1. The van der Waals surface area contributed by atoms with Gasteiger partial charge in [0.15, 0.2) is 0 Å². The van der Waals surface area contributed by atoms with Crippen LogP contribution in [0.3, 0.4) is 0 Å². The maximum atomic E-state index is 12.1. The number of halogens is 1. The van der Waals surface area contributed by atoms with E-state index in [0.717, 1.165) is 47.9 Å². The highest BCUT2D eigenvalue weighted by Gasteiger charge is 2.66. The van der Waals surface area contributed by atoms with E-state index in [0.29, 0.717) is 22.9 Å². The summed E-state index contributed by atoms with van der Waals surface area (Å²) >= 11 is 0. The van der Waals surface area contributed by atoms with Crippen molar-refractivity contribution in [3.05, 3.63) is 131 Å². The number of nitrogens with two attached hydrogens (primary N) is 1. The fourth-order valence-corrected chi connectivity index (χ4v) is 10.1. The molecular formula is C46H63ClN6O4S2. The van der Waals surface area contributed by atoms with E-state index in [9.17, 15) is 16.8 Å². The van der Waals surface area contributed by atoms with Crippen molar-refractivity contribution in [1.82, 2.24) is 18.4 Å². The molecule has 10 nitrogen and oxygen atoms in total. The standard InChI is InChI=1S/C23H31N3O2S.C21H26N2.C2H6ClNO2S/c1-23(19-12-7-13-20(15-19)24-29(27,28)25(2)3)21-16-26(17-22(21)23)14-8-11-18-9-5-4-6-10-18;1-21(17-10-5-11-18(22)13-17)19-14-23(15-20(19)21)12-6-9-16-7-3-2-4-8-16;1-4(2)7(3,5)6/h4-7,9-10,12-13,15,21-22,24H,8,11,14,16-17H2,1-3H3;2-5,7-8,10-11,13,19-20H,6,9,12,14-15,22H2,1H3;1-2H3. The Morgan fingerprint density at radius 2 is 1.03 bits per heavy atom. The minimum absolute atomic E-state index is 0.162. The Morgan fingerprint density at radius 1 is 0.627 bits per heavy atom. The summed E-state index contributed by atoms with van der Waals surface area (Å²) in [6, 6.07) is 38.0. The molecule has 2 aliphatic carbocycles. The minimum atomic E-state index is -3.48. The smallest absolute Gasteiger partial charge is 0.301 e. The molecule has 2 heterocycles. The third-order valence-corrected chi connectivity index (χ3v) is 16.5. The summed E-state index contributed by atoms with van der Waals surface area (Å²) in [7, 11) is 3.65. The summed E-state index contributed by atoms with van der Waals surface area (Å²) in [6.07, 6.45) is 4.79. The van der Waals surface area contributed by atoms with Gasteiger partial charge in [-0.3, -0.25) is 4.72 Å². The van der Waals surface area contributed by atoms with Crippen LogP contribution < -0.4 is 10.5 Å². The Hall–Kier alpha value is -3.49. The highest BCUT2D eigenvalue weighted by atomic mass is 35.7. The molecule has 3 N–H and O–H groups in total. The molecule has 0 radical (unpaired) electrons. The zero-order chi connectivity index (χ0) is 42.6. The zero-order valence-corrected chi connectivity index (χ0v) is 37.9. The summed E-state index contributed by atoms with van der Waals surface area (Å²) in [5, 5.41) is 0. The minimum Gasteiger partial charge on any atom is -0.399 e. The molecule has 0 spiro atoms. The van der Waals surface area contributed by atoms with Crippen molar-refractivity contribution in [2.45, 2.75) is 50.4 Å². The molecule has 4 aromatic rings. The largest absolute Gasteiger partial charge is 0.399 e. The second-order valence-electron chi connectivity index (χ2n) is 17.5. The number of nitrogens with zero attached hydrogens (tertiary/aromatic N) is 4. The number of aryl methyl sites for hydroxylation is 2. The van der Waals surface area contributed by atoms with Gasteiger partial charge in [-0.2, -0.15) is 25.4 Å². The number of nitrogens with one attached hydrogen (secondary N) is 1. The lowest BCUT2D eigenvalue weighted by Gasteiger charge is -2.25. The number of rotatable bonds is 14. The number of nitrogen functional groups attached to an aromatic ring is 1. The number of likely N-dealkylation sites (tertiary alicyclic amines) is 2. The summed E-state index contributed by atoms with van der Waals surface area (Å²) in [6.45, 7) is 11.9. The highest BCUT2D eigenvalue weighted by molar-refractivity contribution is 8.11. The molecule has 0 bridgehead atoms. The Kier molecular flexibility index (Phi) is 14.2. The van der Waals surface area contributed by atoms with Crippen LogP contribution in [0.4, 0.5) is 11.4 Å². The van der Waals surface area contributed by atoms with E-state index in [1.807, 2.05) is 24.3 Å². The van der Waals surface area contributed by atoms with E-state index in [4.69, 9.17) is 16.4 Å². The number of benzene rings is 4. The van der Waals surface area contributed by atoms with Crippen LogP contribution in [0, 0.1) is 23.7 Å². The maximum Gasteiger partial charge on any atom is 0.301 e. The van der Waals surface area contributed by atoms with E-state index in [1.54, 1.807) is 0 Å². The Bertz CT molecular complexity index is 2200. The average Bonchev–Trinajstić information content (AvgIpc) is 3.66. The van der Waals surface area contributed by atoms with E-state index < -0.39 is 19.4 Å². The van der Waals surface area contributed by atoms with Gasteiger partial charge >= 0.3 is 10.2 Å². The number of fused-ring (bicyclic) bond motifs is 2. The van der Waals surface area contributed by atoms with Gasteiger partial charge in [-0.15, -0.1) is 0 Å². The Balaban J connectivity index is 0.000000174. The lowest BCUT2D eigenvalue weighted by Crippen LogP contribution is -2.30. The summed E-state index contributed by atoms with van der Waals surface area (Å²) in [4.78, 5) is 5.25. The number of hydrogen-bond acceptors (Lipinski definition) is 7. The van der Waals surface area contributed by atoms with Gasteiger partial charge in [0.1, 0.15) is 0 Å². The van der Waals surface area contributed by atoms with Crippen molar-refractivity contribution in [3.63, 3.8) is 0 Å². The molecule has 8 rings (SSSR count). The third-order valence-electron chi connectivity index (χ3n) is 13.4. The first-order valence-electron chi connectivity index (χ1n) is 20.7. The van der Waals surface area contributed by atoms with Crippen LogP contribution in [-0.4, -0.2) is 103 Å². The van der Waals surface area contributed by atoms with Crippen LogP contribution in [0.1, 0.15) is 48.9 Å². The quantitative estimate of drug-likeness (QED) is 0.103. The first kappa shape index (κ1) is 45.0. The molecule has 59 heavy (non-hydrogen) atoms. The molecule has 4 fully saturated rings. The summed E-state index contributed by atoms with van der Waals surface area (Å²) in [5.41, 5.74) is 13.6. The van der Waals surface area contributed by atoms with E-state index >= 15 is 0 Å². The first-order chi connectivity index (χ1) is 27.9. The zero-order valence-electron chi connectivity index (χ0n) is 35.5. The van der Waals surface area contributed by atoms with Crippen LogP contribution in [-0.2, 0) is 43.1 Å². The van der Waals surface area contributed by atoms with Crippen LogP contribution in [0.15, 0.2) is 109 Å². The molecule has 4 aliphatic rings. The van der Waals surface area contributed by atoms with Crippen LogP contribution in [0.5, 0.6) is 0 Å². The van der Waals surface area contributed by atoms with Crippen molar-refractivity contribution >= 4 is 41.5 Å². The summed E-state index contributed by atoms with van der Waals surface area (Å²) < 4.78 is 49.1. The van der Waals surface area contributed by atoms with Crippen LogP contribution in [0.25, 0.3) is 0 Å². The van der Waals surface area contributed by atoms with Crippen molar-refractivity contribution in [1.29, 1.82) is 0 Å². The van der Waals surface area contributed by atoms with E-state index in [-0.39, 0.29) is 5.41 Å². The Morgan fingerprint density at radius 3 is 1.42 bits per heavy atom. The molecule has 2 saturated carbocycles. The van der Waals surface area contributed by atoms with E-state index in [1.165, 1.54) is 93.6 Å². The predicted molar refractivity (Wildman–Crippen MR) is 243 cm³/mol. The SMILES string of the molecule is CC1(c2cccc(N)c2)C2CN(CCCc3ccccc3)CC21.CN(C)S(=O)(=O)Cl.CN(C)S(=O)(=O)Nc1cccc(C2(C)C3CN(CCCc4ccccc4)CC32)c1. The highest BCUT2D eigenvalue weighted by Crippen LogP contribution is 2.64. The molecule has 2 saturated heterocycles. The van der Waals surface area contributed by atoms with Gasteiger partial charge in [0, 0.05) is 81.6 Å². The number of hydrogen-bond donors (Lipinski definition) is 2. The molecule has 0 amide bonds. The molecule has 0 aromatic heterocycles. The van der Waals surface area contributed by atoms with Gasteiger partial charge in [-0.25, -0.2) is 0 Å². The number of anilines is 2. The normalized spacial score (nSPS) is 26.0. The summed E-state index contributed by atoms with van der Waals surface area (Å²) in [5.74, 6) is 2.97. The first-order valence-corrected chi connectivity index (χ1v) is 24.4. The topological polar surface area (TPSA) is 119 Å². The lowest BCUT2D eigenvalue weighted by molar-refractivity contribution is 0.274. The molecule has 13 heteroatoms. The van der Waals surface area contributed by atoms with Crippen molar-refractivity contribution in [2.24, 2.45) is 23.7 Å². The molecular weight excluding hydrogens is 800 g/mol. The molecule has 4 atom stereocenters. The molecule has 4 aromatic carbocycles. The lowest BCUT2D eigenvalue weighted by atomic mass is 9.92. The second kappa shape index (κ2) is 18.6. The fourth-order valence-electron chi connectivity index (χ4n) is 9.48. The predicted octanol–water partition coefficient (Wildman–Crippen LogP) is 7.11. The van der Waals surface area contributed by atoms with Crippen LogP contribution in [0.2, 0.25) is 0 Å². The average molecular weight is 864 g/mol. The Labute approximate surface area is 358 Å². The van der Waals surface area contributed by atoms with Crippen molar-refractivity contribution < 1.29 is 16.8 Å². The van der Waals surface area contributed by atoms with Gasteiger partial charge in [-0.1, -0.05) is 98.8 Å². The molecule has 4 unspecified atom stereocenters.